The van der Waals surface area contributed by atoms with Crippen molar-refractivity contribution in [2.45, 2.75) is 38.1 Å². The highest BCUT2D eigenvalue weighted by Gasteiger charge is 2.10. The number of nitrogens with two attached hydrogens (primary N) is 1. The summed E-state index contributed by atoms with van der Waals surface area (Å²) in [7, 11) is 0. The molecule has 1 fully saturated rings. The molecule has 0 saturated carbocycles. The molecule has 2 nitrogen and oxygen atoms in total. The van der Waals surface area contributed by atoms with Gasteiger partial charge in [-0.2, -0.15) is 11.8 Å². The first-order chi connectivity index (χ1) is 6.83. The Morgan fingerprint density at radius 3 is 2.71 bits per heavy atom. The van der Waals surface area contributed by atoms with E-state index in [0.29, 0.717) is 6.04 Å². The summed E-state index contributed by atoms with van der Waals surface area (Å²) in [4.78, 5) is 2.61. The number of thioether (sulfide) groups is 1. The van der Waals surface area contributed by atoms with Crippen molar-refractivity contribution in [1.82, 2.24) is 4.90 Å². The molecule has 0 amide bonds. The lowest BCUT2D eigenvalue weighted by Gasteiger charge is -2.20. The lowest BCUT2D eigenvalue weighted by atomic mass is 10.1. The summed E-state index contributed by atoms with van der Waals surface area (Å²) in [6.45, 7) is 3.80. The highest BCUT2D eigenvalue weighted by molar-refractivity contribution is 7.98. The van der Waals surface area contributed by atoms with Gasteiger partial charge in [-0.25, -0.2) is 0 Å². The van der Waals surface area contributed by atoms with Crippen molar-refractivity contribution in [3.8, 4) is 0 Å². The Labute approximate surface area is 92.6 Å². The zero-order chi connectivity index (χ0) is 10.2. The fraction of sp³-hybridized carbons (Fsp3) is 1.00. The number of rotatable bonds is 3. The predicted octanol–water partition coefficient (Wildman–Crippen LogP) is 1.94. The van der Waals surface area contributed by atoms with Gasteiger partial charge in [-0.3, -0.25) is 0 Å². The van der Waals surface area contributed by atoms with E-state index < -0.39 is 0 Å². The zero-order valence-corrected chi connectivity index (χ0v) is 10.2. The van der Waals surface area contributed by atoms with Crippen molar-refractivity contribution < 1.29 is 0 Å². The highest BCUT2D eigenvalue weighted by atomic mass is 32.2. The maximum absolute atomic E-state index is 6.00. The van der Waals surface area contributed by atoms with Gasteiger partial charge in [0.05, 0.1) is 0 Å². The molecule has 0 spiro atoms. The van der Waals surface area contributed by atoms with Gasteiger partial charge >= 0.3 is 0 Å². The van der Waals surface area contributed by atoms with Crippen LogP contribution in [0.25, 0.3) is 0 Å². The first kappa shape index (κ1) is 12.3. The van der Waals surface area contributed by atoms with Crippen molar-refractivity contribution >= 4 is 11.8 Å². The van der Waals surface area contributed by atoms with Gasteiger partial charge in [0.15, 0.2) is 0 Å². The molecule has 1 aliphatic rings. The fourth-order valence-electron chi connectivity index (χ4n) is 2.02. The van der Waals surface area contributed by atoms with E-state index in [1.807, 2.05) is 11.8 Å². The first-order valence-electron chi connectivity index (χ1n) is 5.80. The molecule has 0 bridgehead atoms. The Balaban J connectivity index is 2.22. The summed E-state index contributed by atoms with van der Waals surface area (Å²) in [6.07, 6.45) is 8.58. The van der Waals surface area contributed by atoms with Crippen LogP contribution < -0.4 is 5.73 Å². The number of nitrogens with zero attached hydrogens (tertiary/aromatic N) is 1. The third kappa shape index (κ3) is 5.23. The van der Waals surface area contributed by atoms with E-state index in [9.17, 15) is 0 Å². The molecular formula is C11H24N2S. The van der Waals surface area contributed by atoms with Crippen LogP contribution in [0.1, 0.15) is 32.1 Å². The number of hydrogen-bond acceptors (Lipinski definition) is 3. The second-order valence-electron chi connectivity index (χ2n) is 4.23. The second-order valence-corrected chi connectivity index (χ2v) is 5.22. The summed E-state index contributed by atoms with van der Waals surface area (Å²) < 4.78 is 0. The SMILES string of the molecule is CSCCN1CCCCC(N)CCC1. The highest BCUT2D eigenvalue weighted by Crippen LogP contribution is 2.10. The Hall–Kier alpha value is 0.270. The van der Waals surface area contributed by atoms with E-state index in [1.165, 1.54) is 57.5 Å². The molecular weight excluding hydrogens is 192 g/mol. The minimum absolute atomic E-state index is 0.468. The van der Waals surface area contributed by atoms with Crippen LogP contribution in [-0.2, 0) is 0 Å². The van der Waals surface area contributed by atoms with Gasteiger partial charge in [0.2, 0.25) is 0 Å². The summed E-state index contributed by atoms with van der Waals surface area (Å²) in [5.74, 6) is 1.27. The first-order valence-corrected chi connectivity index (χ1v) is 7.19. The maximum atomic E-state index is 6.00. The summed E-state index contributed by atoms with van der Waals surface area (Å²) in [6, 6.07) is 0.468. The minimum atomic E-state index is 0.468. The van der Waals surface area contributed by atoms with Crippen LogP contribution in [0, 0.1) is 0 Å². The Kier molecular flexibility index (Phi) is 6.65. The Morgan fingerprint density at radius 2 is 1.93 bits per heavy atom. The van der Waals surface area contributed by atoms with Crippen molar-refractivity contribution in [2.24, 2.45) is 5.73 Å². The van der Waals surface area contributed by atoms with Crippen LogP contribution in [-0.4, -0.2) is 42.6 Å². The van der Waals surface area contributed by atoms with E-state index >= 15 is 0 Å². The van der Waals surface area contributed by atoms with Crippen molar-refractivity contribution in [3.05, 3.63) is 0 Å². The van der Waals surface area contributed by atoms with Gasteiger partial charge in [-0.15, -0.1) is 0 Å². The Bertz CT molecular complexity index is 141. The van der Waals surface area contributed by atoms with Gasteiger partial charge in [0.1, 0.15) is 0 Å². The molecule has 1 heterocycles. The van der Waals surface area contributed by atoms with E-state index in [-0.39, 0.29) is 0 Å². The lowest BCUT2D eigenvalue weighted by molar-refractivity contribution is 0.285. The number of hydrogen-bond donors (Lipinski definition) is 1. The Morgan fingerprint density at radius 1 is 1.21 bits per heavy atom. The molecule has 0 aromatic rings. The molecule has 1 unspecified atom stereocenters. The third-order valence-electron chi connectivity index (χ3n) is 2.96. The van der Waals surface area contributed by atoms with Crippen LogP contribution >= 0.6 is 11.8 Å². The van der Waals surface area contributed by atoms with Crippen LogP contribution in [0.3, 0.4) is 0 Å². The largest absolute Gasteiger partial charge is 0.328 e. The average Bonchev–Trinajstić information content (AvgIpc) is 2.28. The molecule has 1 atom stereocenters. The molecule has 2 N–H and O–H groups in total. The van der Waals surface area contributed by atoms with Gasteiger partial charge in [-0.05, 0) is 45.0 Å². The molecule has 0 aromatic heterocycles. The summed E-state index contributed by atoms with van der Waals surface area (Å²) in [5, 5.41) is 0. The van der Waals surface area contributed by atoms with Crippen molar-refractivity contribution in [3.63, 3.8) is 0 Å². The van der Waals surface area contributed by atoms with E-state index in [2.05, 4.69) is 11.2 Å². The molecule has 3 heteroatoms. The molecule has 0 radical (unpaired) electrons. The van der Waals surface area contributed by atoms with Gasteiger partial charge in [-0.1, -0.05) is 6.42 Å². The topological polar surface area (TPSA) is 29.3 Å². The predicted molar refractivity (Wildman–Crippen MR) is 65.9 cm³/mol. The molecule has 14 heavy (non-hydrogen) atoms. The zero-order valence-electron chi connectivity index (χ0n) is 9.37. The molecule has 0 aromatic carbocycles. The average molecular weight is 216 g/mol. The van der Waals surface area contributed by atoms with Gasteiger partial charge in [0.25, 0.3) is 0 Å². The van der Waals surface area contributed by atoms with E-state index in [0.717, 1.165) is 0 Å². The lowest BCUT2D eigenvalue weighted by Crippen LogP contribution is -2.28. The molecule has 84 valence electrons. The van der Waals surface area contributed by atoms with Gasteiger partial charge in [0, 0.05) is 18.3 Å². The molecule has 1 rings (SSSR count). The van der Waals surface area contributed by atoms with Gasteiger partial charge < -0.3 is 10.6 Å². The van der Waals surface area contributed by atoms with Crippen LogP contribution in [0.5, 0.6) is 0 Å². The maximum Gasteiger partial charge on any atom is 0.00722 e. The molecule has 0 aliphatic carbocycles. The van der Waals surface area contributed by atoms with E-state index in [1.54, 1.807) is 0 Å². The van der Waals surface area contributed by atoms with Crippen molar-refractivity contribution in [2.75, 3.05) is 31.6 Å². The molecule has 1 aliphatic heterocycles. The second kappa shape index (κ2) is 7.55. The van der Waals surface area contributed by atoms with Crippen LogP contribution in [0.2, 0.25) is 0 Å². The smallest absolute Gasteiger partial charge is 0.00722 e. The third-order valence-corrected chi connectivity index (χ3v) is 3.55. The van der Waals surface area contributed by atoms with E-state index in [4.69, 9.17) is 5.73 Å². The minimum Gasteiger partial charge on any atom is -0.328 e. The van der Waals surface area contributed by atoms with Crippen LogP contribution in [0.4, 0.5) is 0 Å². The summed E-state index contributed by atoms with van der Waals surface area (Å²) in [5.41, 5.74) is 6.00. The normalized spacial score (nSPS) is 26.6. The monoisotopic (exact) mass is 216 g/mol. The molecule has 1 saturated heterocycles. The van der Waals surface area contributed by atoms with Crippen molar-refractivity contribution in [1.29, 1.82) is 0 Å². The standard InChI is InChI=1S/C11H24N2S/c1-14-10-9-13-7-3-2-5-11(12)6-4-8-13/h11H,2-10,12H2,1H3. The quantitative estimate of drug-likeness (QED) is 0.782. The van der Waals surface area contributed by atoms with Crippen LogP contribution in [0.15, 0.2) is 0 Å². The summed E-state index contributed by atoms with van der Waals surface area (Å²) >= 11 is 1.95. The fourth-order valence-corrected chi connectivity index (χ4v) is 2.46.